The van der Waals surface area contributed by atoms with E-state index < -0.39 is 0 Å². The highest BCUT2D eigenvalue weighted by Crippen LogP contribution is 2.32. The number of thiazole rings is 1. The summed E-state index contributed by atoms with van der Waals surface area (Å²) >= 11 is 1.15. The fourth-order valence-corrected chi connectivity index (χ4v) is 3.32. The first-order valence-corrected chi connectivity index (χ1v) is 8.23. The molecular weight excluding hydrogens is 329 g/mol. The lowest BCUT2D eigenvalue weighted by Crippen LogP contribution is -2.31. The van der Waals surface area contributed by atoms with Crippen LogP contribution in [0.25, 0.3) is 10.6 Å². The Labute approximate surface area is 142 Å². The summed E-state index contributed by atoms with van der Waals surface area (Å²) < 4.78 is 13.0. The number of hydrogen-bond acceptors (Lipinski definition) is 6. The molecule has 0 unspecified atom stereocenters. The Kier molecular flexibility index (Phi) is 4.55. The summed E-state index contributed by atoms with van der Waals surface area (Å²) in [5.74, 6) is -0.864. The highest BCUT2D eigenvalue weighted by Gasteiger charge is 2.30. The van der Waals surface area contributed by atoms with Crippen molar-refractivity contribution in [1.29, 1.82) is 0 Å². The monoisotopic (exact) mass is 345 g/mol. The van der Waals surface area contributed by atoms with Crippen LogP contribution >= 0.6 is 11.3 Å². The third-order valence-corrected chi connectivity index (χ3v) is 4.66. The van der Waals surface area contributed by atoms with Crippen LogP contribution < -0.4 is 5.32 Å². The highest BCUT2D eigenvalue weighted by atomic mass is 32.1. The van der Waals surface area contributed by atoms with Gasteiger partial charge in [0.1, 0.15) is 21.4 Å². The van der Waals surface area contributed by atoms with E-state index in [1.54, 1.807) is 12.1 Å². The minimum atomic E-state index is -0.346. The molecule has 1 N–H and O–H groups in total. The zero-order valence-electron chi connectivity index (χ0n) is 13.3. The summed E-state index contributed by atoms with van der Waals surface area (Å²) in [7, 11) is 3.86. The molecular formula is C17H16FN3O2S. The van der Waals surface area contributed by atoms with Crippen LogP contribution in [0.2, 0.25) is 0 Å². The number of likely N-dealkylation sites (N-methyl/N-ethyl adjacent to an activating group) is 1. The number of rotatable bonds is 5. The SMILES string of the molecule is CN(C)CCNC1=CC(=O)c2nc(-c3ccc(F)cc3)sc2C1=O. The summed E-state index contributed by atoms with van der Waals surface area (Å²) in [6.07, 6.45) is 1.30. The quantitative estimate of drug-likeness (QED) is 0.901. The molecule has 1 heterocycles. The van der Waals surface area contributed by atoms with Gasteiger partial charge in [0.15, 0.2) is 0 Å². The van der Waals surface area contributed by atoms with Crippen LogP contribution in [0.3, 0.4) is 0 Å². The number of hydrogen-bond donors (Lipinski definition) is 1. The molecule has 1 aliphatic carbocycles. The van der Waals surface area contributed by atoms with Crippen LogP contribution in [-0.4, -0.2) is 48.6 Å². The van der Waals surface area contributed by atoms with E-state index in [1.165, 1.54) is 18.2 Å². The first-order chi connectivity index (χ1) is 11.5. The van der Waals surface area contributed by atoms with E-state index in [0.29, 0.717) is 27.7 Å². The van der Waals surface area contributed by atoms with Gasteiger partial charge < -0.3 is 10.2 Å². The molecule has 0 amide bonds. The molecule has 24 heavy (non-hydrogen) atoms. The predicted octanol–water partition coefficient (Wildman–Crippen LogP) is 2.36. The lowest BCUT2D eigenvalue weighted by atomic mass is 10.0. The molecule has 7 heteroatoms. The Morgan fingerprint density at radius 2 is 1.92 bits per heavy atom. The zero-order chi connectivity index (χ0) is 17.3. The average Bonchev–Trinajstić information content (AvgIpc) is 2.98. The molecule has 1 aromatic heterocycles. The van der Waals surface area contributed by atoms with Crippen molar-refractivity contribution in [2.75, 3.05) is 27.2 Å². The Morgan fingerprint density at radius 1 is 1.21 bits per heavy atom. The molecule has 124 valence electrons. The van der Waals surface area contributed by atoms with Crippen molar-refractivity contribution < 1.29 is 14.0 Å². The molecule has 2 aromatic rings. The maximum atomic E-state index is 13.0. The second kappa shape index (κ2) is 6.62. The molecule has 5 nitrogen and oxygen atoms in total. The molecule has 0 saturated carbocycles. The number of nitrogens with one attached hydrogen (secondary N) is 1. The van der Waals surface area contributed by atoms with Gasteiger partial charge in [-0.25, -0.2) is 9.37 Å². The fraction of sp³-hybridized carbons (Fsp3) is 0.235. The molecule has 0 fully saturated rings. The first-order valence-electron chi connectivity index (χ1n) is 7.42. The minimum Gasteiger partial charge on any atom is -0.380 e. The Bertz CT molecular complexity index is 825. The topological polar surface area (TPSA) is 62.3 Å². The van der Waals surface area contributed by atoms with Crippen LogP contribution in [0, 0.1) is 5.82 Å². The molecule has 1 aliphatic rings. The standard InChI is InChI=1S/C17H16FN3O2S/c1-21(2)8-7-19-12-9-13(22)14-16(15(12)23)24-17(20-14)10-3-5-11(18)6-4-10/h3-6,9,19H,7-8H2,1-2H3. The largest absolute Gasteiger partial charge is 0.380 e. The summed E-state index contributed by atoms with van der Waals surface area (Å²) in [5.41, 5.74) is 1.14. The van der Waals surface area contributed by atoms with Crippen LogP contribution in [0.1, 0.15) is 20.2 Å². The number of fused-ring (bicyclic) bond motifs is 1. The van der Waals surface area contributed by atoms with Gasteiger partial charge in [0.2, 0.25) is 11.6 Å². The van der Waals surface area contributed by atoms with Crippen LogP contribution in [0.5, 0.6) is 0 Å². The van der Waals surface area contributed by atoms with Gasteiger partial charge >= 0.3 is 0 Å². The van der Waals surface area contributed by atoms with Crippen LogP contribution in [-0.2, 0) is 0 Å². The van der Waals surface area contributed by atoms with Crippen molar-refractivity contribution >= 4 is 22.9 Å². The zero-order valence-corrected chi connectivity index (χ0v) is 14.1. The van der Waals surface area contributed by atoms with Gasteiger partial charge in [-0.3, -0.25) is 9.59 Å². The molecule has 0 aliphatic heterocycles. The summed E-state index contributed by atoms with van der Waals surface area (Å²) in [6.45, 7) is 1.31. The molecule has 0 spiro atoms. The highest BCUT2D eigenvalue weighted by molar-refractivity contribution is 7.17. The number of carbonyl (C=O) groups is 2. The smallest absolute Gasteiger partial charge is 0.221 e. The molecule has 3 rings (SSSR count). The van der Waals surface area contributed by atoms with Crippen LogP contribution in [0.4, 0.5) is 4.39 Å². The van der Waals surface area contributed by atoms with Gasteiger partial charge in [0.25, 0.3) is 0 Å². The number of halogens is 1. The first kappa shape index (κ1) is 16.5. The summed E-state index contributed by atoms with van der Waals surface area (Å²) in [5, 5.41) is 3.54. The third kappa shape index (κ3) is 3.27. The van der Waals surface area contributed by atoms with Crippen molar-refractivity contribution in [3.63, 3.8) is 0 Å². The predicted molar refractivity (Wildman–Crippen MR) is 90.8 cm³/mol. The lowest BCUT2D eigenvalue weighted by Gasteiger charge is -2.15. The van der Waals surface area contributed by atoms with E-state index >= 15 is 0 Å². The van der Waals surface area contributed by atoms with E-state index in [0.717, 1.165) is 17.9 Å². The number of ketones is 2. The van der Waals surface area contributed by atoms with E-state index in [-0.39, 0.29) is 23.1 Å². The Hall–Kier alpha value is -2.38. The number of benzene rings is 1. The van der Waals surface area contributed by atoms with Crippen molar-refractivity contribution in [2.24, 2.45) is 0 Å². The third-order valence-electron chi connectivity index (χ3n) is 3.55. The van der Waals surface area contributed by atoms with Crippen LogP contribution in [0.15, 0.2) is 36.0 Å². The number of allylic oxidation sites excluding steroid dienone is 2. The van der Waals surface area contributed by atoms with E-state index in [9.17, 15) is 14.0 Å². The Morgan fingerprint density at radius 3 is 2.58 bits per heavy atom. The number of Topliss-reactive ketones (excluding diaryl/α,β-unsaturated/α-hetero) is 1. The molecule has 0 radical (unpaired) electrons. The van der Waals surface area contributed by atoms with Gasteiger partial charge in [0.05, 0.1) is 5.70 Å². The maximum absolute atomic E-state index is 13.0. The van der Waals surface area contributed by atoms with Gasteiger partial charge in [0, 0.05) is 24.7 Å². The molecule has 0 saturated heterocycles. The van der Waals surface area contributed by atoms with E-state index in [4.69, 9.17) is 0 Å². The van der Waals surface area contributed by atoms with Crippen molar-refractivity contribution in [2.45, 2.75) is 0 Å². The summed E-state index contributed by atoms with van der Waals surface area (Å²) in [6, 6.07) is 5.81. The molecule has 0 bridgehead atoms. The Balaban J connectivity index is 1.85. The van der Waals surface area contributed by atoms with E-state index in [1.807, 2.05) is 19.0 Å². The second-order valence-corrected chi connectivity index (χ2v) is 6.68. The van der Waals surface area contributed by atoms with Crippen molar-refractivity contribution in [3.05, 3.63) is 52.4 Å². The maximum Gasteiger partial charge on any atom is 0.221 e. The van der Waals surface area contributed by atoms with Gasteiger partial charge in [-0.05, 0) is 38.4 Å². The fourth-order valence-electron chi connectivity index (χ4n) is 2.29. The lowest BCUT2D eigenvalue weighted by molar-refractivity contribution is 0.0978. The minimum absolute atomic E-state index is 0.169. The van der Waals surface area contributed by atoms with Crippen molar-refractivity contribution in [3.8, 4) is 10.6 Å². The normalized spacial score (nSPS) is 13.9. The second-order valence-electron chi connectivity index (χ2n) is 5.69. The van der Waals surface area contributed by atoms with E-state index in [2.05, 4.69) is 10.3 Å². The van der Waals surface area contributed by atoms with Gasteiger partial charge in [-0.1, -0.05) is 0 Å². The molecule has 1 aromatic carbocycles. The van der Waals surface area contributed by atoms with Gasteiger partial charge in [-0.15, -0.1) is 11.3 Å². The number of carbonyl (C=O) groups excluding carboxylic acids is 2. The number of aromatic nitrogens is 1. The van der Waals surface area contributed by atoms with Gasteiger partial charge in [-0.2, -0.15) is 0 Å². The molecule has 0 atom stereocenters. The average molecular weight is 345 g/mol. The summed E-state index contributed by atoms with van der Waals surface area (Å²) in [4.78, 5) is 31.4. The number of nitrogens with zero attached hydrogens (tertiary/aromatic N) is 2. The van der Waals surface area contributed by atoms with Crippen molar-refractivity contribution in [1.82, 2.24) is 15.2 Å².